The Morgan fingerprint density at radius 1 is 0.889 bits per heavy atom. The van der Waals surface area contributed by atoms with Gasteiger partial charge >= 0.3 is 0 Å². The van der Waals surface area contributed by atoms with Gasteiger partial charge in [0.1, 0.15) is 18.2 Å². The summed E-state index contributed by atoms with van der Waals surface area (Å²) in [4.78, 5) is 0. The Hall–Kier alpha value is -1.27. The van der Waals surface area contributed by atoms with E-state index in [-0.39, 0.29) is 12.4 Å². The Bertz CT molecular complexity index is 945. The lowest BCUT2D eigenvalue weighted by molar-refractivity contribution is 0.301. The first-order valence-corrected chi connectivity index (χ1v) is 10.3. The maximum absolute atomic E-state index is 13.3. The van der Waals surface area contributed by atoms with Crippen molar-refractivity contribution in [3.05, 3.63) is 90.5 Å². The molecule has 0 fully saturated rings. The molecule has 0 bridgehead atoms. The highest BCUT2D eigenvalue weighted by atomic mass is 79.9. The van der Waals surface area contributed by atoms with E-state index in [1.807, 2.05) is 24.3 Å². The number of rotatable bonds is 6. The summed E-state index contributed by atoms with van der Waals surface area (Å²) in [6.07, 6.45) is 0. The zero-order valence-corrected chi connectivity index (χ0v) is 18.6. The quantitative estimate of drug-likeness (QED) is 0.348. The molecule has 140 valence electrons. The molecule has 0 radical (unpaired) electrons. The molecular weight excluding hydrogens is 520 g/mol. The van der Waals surface area contributed by atoms with Crippen LogP contribution >= 0.6 is 55.1 Å². The van der Waals surface area contributed by atoms with Gasteiger partial charge in [-0.1, -0.05) is 35.3 Å². The van der Waals surface area contributed by atoms with Crippen LogP contribution in [-0.4, -0.2) is 0 Å². The SMILES string of the molecule is Fc1cccc(COc2c(Br)cc(CNc3ccc(Cl)c(Cl)c3)cc2Br)c1. The second kappa shape index (κ2) is 9.28. The first-order valence-electron chi connectivity index (χ1n) is 7.96. The average Bonchev–Trinajstić information content (AvgIpc) is 2.62. The first kappa shape index (κ1) is 20.5. The maximum atomic E-state index is 13.3. The Labute approximate surface area is 183 Å². The van der Waals surface area contributed by atoms with E-state index < -0.39 is 0 Å². The van der Waals surface area contributed by atoms with Crippen molar-refractivity contribution in [1.82, 2.24) is 0 Å². The van der Waals surface area contributed by atoms with E-state index in [4.69, 9.17) is 27.9 Å². The minimum absolute atomic E-state index is 0.274. The van der Waals surface area contributed by atoms with E-state index in [9.17, 15) is 4.39 Å². The van der Waals surface area contributed by atoms with E-state index >= 15 is 0 Å². The molecule has 0 atom stereocenters. The summed E-state index contributed by atoms with van der Waals surface area (Å²) in [5, 5.41) is 4.33. The fourth-order valence-electron chi connectivity index (χ4n) is 2.44. The van der Waals surface area contributed by atoms with Gasteiger partial charge in [0.05, 0.1) is 19.0 Å². The van der Waals surface area contributed by atoms with Crippen LogP contribution < -0.4 is 10.1 Å². The number of nitrogens with one attached hydrogen (secondary N) is 1. The second-order valence-corrected chi connectivity index (χ2v) is 8.31. The van der Waals surface area contributed by atoms with Gasteiger partial charge in [-0.3, -0.25) is 0 Å². The highest BCUT2D eigenvalue weighted by molar-refractivity contribution is 9.11. The van der Waals surface area contributed by atoms with Gasteiger partial charge in [-0.05, 0) is 85.5 Å². The molecule has 0 aromatic heterocycles. The molecule has 1 N–H and O–H groups in total. The van der Waals surface area contributed by atoms with Gasteiger partial charge < -0.3 is 10.1 Å². The summed E-state index contributed by atoms with van der Waals surface area (Å²) in [5.74, 6) is 0.385. The van der Waals surface area contributed by atoms with Crippen LogP contribution in [0.25, 0.3) is 0 Å². The lowest BCUT2D eigenvalue weighted by Crippen LogP contribution is -2.02. The Kier molecular flexibility index (Phi) is 7.04. The van der Waals surface area contributed by atoms with E-state index in [0.29, 0.717) is 22.3 Å². The van der Waals surface area contributed by atoms with Crippen molar-refractivity contribution in [2.45, 2.75) is 13.2 Å². The molecule has 0 aliphatic rings. The number of benzene rings is 3. The molecule has 0 aliphatic carbocycles. The van der Waals surface area contributed by atoms with Crippen LogP contribution in [0.2, 0.25) is 10.0 Å². The maximum Gasteiger partial charge on any atom is 0.148 e. The number of hydrogen-bond donors (Lipinski definition) is 1. The van der Waals surface area contributed by atoms with Crippen molar-refractivity contribution in [2.24, 2.45) is 0 Å². The largest absolute Gasteiger partial charge is 0.487 e. The summed E-state index contributed by atoms with van der Waals surface area (Å²) in [7, 11) is 0. The van der Waals surface area contributed by atoms with E-state index in [0.717, 1.165) is 25.8 Å². The van der Waals surface area contributed by atoms with Crippen molar-refractivity contribution in [2.75, 3.05) is 5.32 Å². The van der Waals surface area contributed by atoms with Crippen molar-refractivity contribution in [3.8, 4) is 5.75 Å². The fourth-order valence-corrected chi connectivity index (χ4v) is 4.25. The molecule has 0 saturated heterocycles. The fraction of sp³-hybridized carbons (Fsp3) is 0.100. The highest BCUT2D eigenvalue weighted by Gasteiger charge is 2.10. The Morgan fingerprint density at radius 3 is 2.30 bits per heavy atom. The standard InChI is InChI=1S/C20H14Br2Cl2FNO/c21-16-7-13(10-26-15-4-5-18(23)19(24)9-15)8-17(22)20(16)27-11-12-2-1-3-14(25)6-12/h1-9,26H,10-11H2. The minimum atomic E-state index is -0.280. The summed E-state index contributed by atoms with van der Waals surface area (Å²) in [5.41, 5.74) is 2.68. The molecule has 0 saturated carbocycles. The number of halogens is 5. The van der Waals surface area contributed by atoms with Gasteiger partial charge in [-0.15, -0.1) is 0 Å². The Morgan fingerprint density at radius 2 is 1.63 bits per heavy atom. The van der Waals surface area contributed by atoms with E-state index in [1.54, 1.807) is 18.2 Å². The van der Waals surface area contributed by atoms with Crippen LogP contribution in [0, 0.1) is 5.82 Å². The van der Waals surface area contributed by atoms with Crippen LogP contribution in [0.1, 0.15) is 11.1 Å². The molecule has 0 spiro atoms. The van der Waals surface area contributed by atoms with E-state index in [1.165, 1.54) is 12.1 Å². The smallest absolute Gasteiger partial charge is 0.148 e. The molecule has 3 aromatic rings. The van der Waals surface area contributed by atoms with Crippen molar-refractivity contribution >= 4 is 60.7 Å². The molecule has 0 amide bonds. The summed E-state index contributed by atoms with van der Waals surface area (Å²) < 4.78 is 20.7. The van der Waals surface area contributed by atoms with Crippen LogP contribution in [0.5, 0.6) is 5.75 Å². The van der Waals surface area contributed by atoms with Crippen LogP contribution in [0.3, 0.4) is 0 Å². The van der Waals surface area contributed by atoms with Gasteiger partial charge in [0, 0.05) is 12.2 Å². The Balaban J connectivity index is 1.67. The third-order valence-corrected chi connectivity index (χ3v) is 5.66. The zero-order chi connectivity index (χ0) is 19.4. The van der Waals surface area contributed by atoms with Gasteiger partial charge in [-0.2, -0.15) is 0 Å². The molecule has 0 heterocycles. The van der Waals surface area contributed by atoms with Gasteiger partial charge in [-0.25, -0.2) is 4.39 Å². The molecule has 0 unspecified atom stereocenters. The molecular formula is C20H14Br2Cl2FNO. The van der Waals surface area contributed by atoms with Crippen LogP contribution in [0.15, 0.2) is 63.5 Å². The van der Waals surface area contributed by atoms with Gasteiger partial charge in [0.15, 0.2) is 0 Å². The van der Waals surface area contributed by atoms with Crippen molar-refractivity contribution < 1.29 is 9.13 Å². The molecule has 2 nitrogen and oxygen atoms in total. The summed E-state index contributed by atoms with van der Waals surface area (Å²) in [6, 6.07) is 15.7. The van der Waals surface area contributed by atoms with Crippen LogP contribution in [-0.2, 0) is 13.2 Å². The number of ether oxygens (including phenoxy) is 1. The van der Waals surface area contributed by atoms with Crippen molar-refractivity contribution in [3.63, 3.8) is 0 Å². The number of anilines is 1. The lowest BCUT2D eigenvalue weighted by atomic mass is 10.2. The predicted molar refractivity (Wildman–Crippen MR) is 116 cm³/mol. The topological polar surface area (TPSA) is 21.3 Å². The minimum Gasteiger partial charge on any atom is -0.487 e. The summed E-state index contributed by atoms with van der Waals surface area (Å²) >= 11 is 19.0. The predicted octanol–water partition coefficient (Wildman–Crippen LogP) is 7.85. The molecule has 7 heteroatoms. The second-order valence-electron chi connectivity index (χ2n) is 5.79. The highest BCUT2D eigenvalue weighted by Crippen LogP contribution is 2.35. The molecule has 3 rings (SSSR count). The normalized spacial score (nSPS) is 10.7. The third kappa shape index (κ3) is 5.61. The summed E-state index contributed by atoms with van der Waals surface area (Å²) in [6.45, 7) is 0.870. The van der Waals surface area contributed by atoms with Gasteiger partial charge in [0.25, 0.3) is 0 Å². The average molecular weight is 534 g/mol. The zero-order valence-electron chi connectivity index (χ0n) is 13.9. The first-order chi connectivity index (χ1) is 12.9. The van der Waals surface area contributed by atoms with E-state index in [2.05, 4.69) is 37.2 Å². The molecule has 27 heavy (non-hydrogen) atoms. The molecule has 3 aromatic carbocycles. The van der Waals surface area contributed by atoms with Crippen molar-refractivity contribution in [1.29, 1.82) is 0 Å². The molecule has 0 aliphatic heterocycles. The van der Waals surface area contributed by atoms with Crippen LogP contribution in [0.4, 0.5) is 10.1 Å². The lowest BCUT2D eigenvalue weighted by Gasteiger charge is -2.13. The third-order valence-electron chi connectivity index (χ3n) is 3.75. The monoisotopic (exact) mass is 531 g/mol. The van der Waals surface area contributed by atoms with Gasteiger partial charge in [0.2, 0.25) is 0 Å². The number of hydrogen-bond acceptors (Lipinski definition) is 2.